The van der Waals surface area contributed by atoms with Crippen LogP contribution in [0.3, 0.4) is 0 Å². The van der Waals surface area contributed by atoms with Gasteiger partial charge in [-0.1, -0.05) is 44.2 Å². The van der Waals surface area contributed by atoms with Gasteiger partial charge in [0.25, 0.3) is 0 Å². The summed E-state index contributed by atoms with van der Waals surface area (Å²) in [5, 5.41) is 10.2. The van der Waals surface area contributed by atoms with E-state index in [4.69, 9.17) is 0 Å². The maximum absolute atomic E-state index is 12.6. The van der Waals surface area contributed by atoms with Gasteiger partial charge < -0.3 is 5.11 Å². The first-order chi connectivity index (χ1) is 10.7. The van der Waals surface area contributed by atoms with Crippen molar-refractivity contribution >= 4 is 11.5 Å². The molecule has 1 aliphatic rings. The van der Waals surface area contributed by atoms with Crippen LogP contribution in [0.1, 0.15) is 57.4 Å². The predicted molar refractivity (Wildman–Crippen MR) is 90.6 cm³/mol. The summed E-state index contributed by atoms with van der Waals surface area (Å²) in [6.07, 6.45) is 3.50. The lowest BCUT2D eigenvalue weighted by molar-refractivity contribution is -0.115. The van der Waals surface area contributed by atoms with Crippen LogP contribution in [0.15, 0.2) is 46.7 Å². The summed E-state index contributed by atoms with van der Waals surface area (Å²) in [7, 11) is 0. The highest BCUT2D eigenvalue weighted by Crippen LogP contribution is 2.33. The van der Waals surface area contributed by atoms with Gasteiger partial charge in [-0.15, -0.1) is 0 Å². The van der Waals surface area contributed by atoms with Crippen molar-refractivity contribution in [3.8, 4) is 0 Å². The standard InChI is InChI=1S/C19H25NO2/c1-3-8-17(21)19-16(20-11-4-2)12-15(13-18(19)22)14-9-6-5-7-10-14/h5-7,9-10,15,21H,3-4,8,11-13H2,1-2H3/t15-/m0/s1. The molecule has 3 heteroatoms. The van der Waals surface area contributed by atoms with Crippen LogP contribution in [0.4, 0.5) is 0 Å². The van der Waals surface area contributed by atoms with Crippen LogP contribution in [0, 0.1) is 0 Å². The number of hydrogen-bond acceptors (Lipinski definition) is 3. The van der Waals surface area contributed by atoms with E-state index in [1.54, 1.807) is 0 Å². The van der Waals surface area contributed by atoms with E-state index in [1.165, 1.54) is 5.56 Å². The van der Waals surface area contributed by atoms with Gasteiger partial charge in [-0.2, -0.15) is 0 Å². The molecule has 22 heavy (non-hydrogen) atoms. The number of ketones is 1. The molecule has 1 aromatic carbocycles. The van der Waals surface area contributed by atoms with Crippen molar-refractivity contribution in [1.29, 1.82) is 0 Å². The van der Waals surface area contributed by atoms with Crippen molar-refractivity contribution in [1.82, 2.24) is 0 Å². The number of Topliss-reactive ketones (excluding diaryl/α,β-unsaturated/α-hetero) is 1. The van der Waals surface area contributed by atoms with E-state index in [0.717, 1.165) is 25.0 Å². The Morgan fingerprint density at radius 2 is 1.91 bits per heavy atom. The lowest BCUT2D eigenvalue weighted by atomic mass is 9.78. The summed E-state index contributed by atoms with van der Waals surface area (Å²) >= 11 is 0. The highest BCUT2D eigenvalue weighted by molar-refractivity contribution is 6.24. The Bertz CT molecular complexity index is 572. The average Bonchev–Trinajstić information content (AvgIpc) is 2.53. The van der Waals surface area contributed by atoms with Gasteiger partial charge >= 0.3 is 0 Å². The van der Waals surface area contributed by atoms with Crippen LogP contribution in [0.2, 0.25) is 0 Å². The zero-order chi connectivity index (χ0) is 15.9. The number of nitrogens with zero attached hydrogens (tertiary/aromatic N) is 1. The van der Waals surface area contributed by atoms with Gasteiger partial charge in [-0.3, -0.25) is 9.79 Å². The minimum atomic E-state index is 0.0286. The van der Waals surface area contributed by atoms with E-state index in [9.17, 15) is 9.90 Å². The highest BCUT2D eigenvalue weighted by Gasteiger charge is 2.31. The zero-order valence-corrected chi connectivity index (χ0v) is 13.5. The Morgan fingerprint density at radius 3 is 2.55 bits per heavy atom. The summed E-state index contributed by atoms with van der Waals surface area (Å²) < 4.78 is 0. The Morgan fingerprint density at radius 1 is 1.18 bits per heavy atom. The molecule has 1 N–H and O–H groups in total. The topological polar surface area (TPSA) is 49.7 Å². The summed E-state index contributed by atoms with van der Waals surface area (Å²) in [6, 6.07) is 10.1. The molecule has 1 aromatic rings. The van der Waals surface area contributed by atoms with Gasteiger partial charge in [-0.05, 0) is 30.7 Å². The fourth-order valence-corrected chi connectivity index (χ4v) is 2.93. The largest absolute Gasteiger partial charge is 0.511 e. The Hall–Kier alpha value is -1.90. The smallest absolute Gasteiger partial charge is 0.168 e. The van der Waals surface area contributed by atoms with Gasteiger partial charge in [-0.25, -0.2) is 0 Å². The lowest BCUT2D eigenvalue weighted by Gasteiger charge is -2.26. The molecule has 1 aliphatic carbocycles. The second-order valence-electron chi connectivity index (χ2n) is 5.84. The Labute approximate surface area is 132 Å². The molecule has 118 valence electrons. The van der Waals surface area contributed by atoms with Gasteiger partial charge in [0, 0.05) is 25.1 Å². The van der Waals surface area contributed by atoms with Crippen LogP contribution >= 0.6 is 0 Å². The number of carbonyl (C=O) groups is 1. The fourth-order valence-electron chi connectivity index (χ4n) is 2.93. The van der Waals surface area contributed by atoms with Gasteiger partial charge in [0.1, 0.15) is 5.76 Å². The number of aliphatic hydroxyl groups is 1. The van der Waals surface area contributed by atoms with E-state index >= 15 is 0 Å². The molecule has 3 nitrogen and oxygen atoms in total. The van der Waals surface area contributed by atoms with E-state index in [-0.39, 0.29) is 17.5 Å². The normalized spacial score (nSPS) is 22.9. The maximum Gasteiger partial charge on any atom is 0.168 e. The first kappa shape index (κ1) is 16.5. The van der Waals surface area contributed by atoms with Crippen molar-refractivity contribution in [2.45, 2.75) is 51.9 Å². The molecule has 0 aromatic heterocycles. The molecule has 0 bridgehead atoms. The Kier molecular flexibility index (Phi) is 5.93. The van der Waals surface area contributed by atoms with E-state index in [1.807, 2.05) is 25.1 Å². The maximum atomic E-state index is 12.6. The summed E-state index contributed by atoms with van der Waals surface area (Å²) in [5.41, 5.74) is 2.45. The molecule has 1 fully saturated rings. The molecule has 0 radical (unpaired) electrons. The number of benzene rings is 1. The van der Waals surface area contributed by atoms with Crippen molar-refractivity contribution in [2.24, 2.45) is 4.99 Å². The minimum Gasteiger partial charge on any atom is -0.511 e. The molecule has 0 amide bonds. The first-order valence-electron chi connectivity index (χ1n) is 8.21. The SMILES string of the molecule is CCCN=C1C[C@H](c2ccccc2)CC(=O)C1=C(O)CCC. The van der Waals surface area contributed by atoms with E-state index in [0.29, 0.717) is 25.0 Å². The van der Waals surface area contributed by atoms with Crippen molar-refractivity contribution in [3.63, 3.8) is 0 Å². The van der Waals surface area contributed by atoms with E-state index < -0.39 is 0 Å². The fraction of sp³-hybridized carbons (Fsp3) is 0.474. The summed E-state index contributed by atoms with van der Waals surface area (Å²) in [6.45, 7) is 4.77. The first-order valence-corrected chi connectivity index (χ1v) is 8.21. The third kappa shape index (κ3) is 3.85. The van der Waals surface area contributed by atoms with Crippen molar-refractivity contribution < 1.29 is 9.90 Å². The molecule has 1 atom stereocenters. The molecule has 1 saturated carbocycles. The van der Waals surface area contributed by atoms with Crippen LogP contribution in [0.25, 0.3) is 0 Å². The number of rotatable bonds is 5. The van der Waals surface area contributed by atoms with Gasteiger partial charge in [0.15, 0.2) is 5.78 Å². The number of aliphatic hydroxyl groups excluding tert-OH is 1. The number of aliphatic imine (C=N–C) groups is 1. The number of carbonyl (C=O) groups excluding carboxylic acids is 1. The minimum absolute atomic E-state index is 0.0286. The third-order valence-electron chi connectivity index (χ3n) is 4.01. The monoisotopic (exact) mass is 299 g/mol. The molecular weight excluding hydrogens is 274 g/mol. The highest BCUT2D eigenvalue weighted by atomic mass is 16.3. The van der Waals surface area contributed by atoms with Crippen LogP contribution in [-0.2, 0) is 4.79 Å². The van der Waals surface area contributed by atoms with Crippen molar-refractivity contribution in [2.75, 3.05) is 6.54 Å². The molecule has 0 aliphatic heterocycles. The van der Waals surface area contributed by atoms with Gasteiger partial charge in [0.2, 0.25) is 0 Å². The predicted octanol–water partition coefficient (Wildman–Crippen LogP) is 4.60. The van der Waals surface area contributed by atoms with E-state index in [2.05, 4.69) is 24.0 Å². The molecule has 0 heterocycles. The lowest BCUT2D eigenvalue weighted by Crippen LogP contribution is -2.27. The summed E-state index contributed by atoms with van der Waals surface area (Å²) in [4.78, 5) is 17.2. The number of allylic oxidation sites excluding steroid dienone is 2. The second kappa shape index (κ2) is 7.92. The zero-order valence-electron chi connectivity index (χ0n) is 13.5. The molecule has 0 saturated heterocycles. The second-order valence-corrected chi connectivity index (χ2v) is 5.84. The molecule has 2 rings (SSSR count). The third-order valence-corrected chi connectivity index (χ3v) is 4.01. The average molecular weight is 299 g/mol. The van der Waals surface area contributed by atoms with Crippen molar-refractivity contribution in [3.05, 3.63) is 47.2 Å². The molecular formula is C19H25NO2. The Balaban J connectivity index is 2.33. The quantitative estimate of drug-likeness (QED) is 0.638. The molecule has 0 unspecified atom stereocenters. The van der Waals surface area contributed by atoms with Crippen LogP contribution in [0.5, 0.6) is 0 Å². The van der Waals surface area contributed by atoms with Gasteiger partial charge in [0.05, 0.1) is 5.57 Å². The number of hydrogen-bond donors (Lipinski definition) is 1. The van der Waals surface area contributed by atoms with Crippen LogP contribution < -0.4 is 0 Å². The van der Waals surface area contributed by atoms with Crippen LogP contribution in [-0.4, -0.2) is 23.1 Å². The molecule has 0 spiro atoms. The summed E-state index contributed by atoms with van der Waals surface area (Å²) in [5.74, 6) is 0.414.